The molecule has 1 unspecified atom stereocenters. The molecule has 0 radical (unpaired) electrons. The number of amides is 1. The van der Waals surface area contributed by atoms with Gasteiger partial charge in [0.1, 0.15) is 5.52 Å². The van der Waals surface area contributed by atoms with Gasteiger partial charge in [-0.1, -0.05) is 13.8 Å². The Morgan fingerprint density at radius 1 is 1.38 bits per heavy atom. The van der Waals surface area contributed by atoms with Gasteiger partial charge in [-0.3, -0.25) is 4.79 Å². The number of aromatic nitrogens is 3. The van der Waals surface area contributed by atoms with Crippen molar-refractivity contribution in [1.82, 2.24) is 19.4 Å². The van der Waals surface area contributed by atoms with Gasteiger partial charge in [-0.2, -0.15) is 0 Å². The predicted octanol–water partition coefficient (Wildman–Crippen LogP) is 2.34. The number of nitrogens with zero attached hydrogens (tertiary/aromatic N) is 4. The quantitative estimate of drug-likeness (QED) is 0.868. The highest BCUT2D eigenvalue weighted by atomic mass is 16.5. The van der Waals surface area contributed by atoms with Gasteiger partial charge >= 0.3 is 0 Å². The Hall–Kier alpha value is -1.95. The Labute approximate surface area is 141 Å². The van der Waals surface area contributed by atoms with Crippen LogP contribution in [0.3, 0.4) is 0 Å². The van der Waals surface area contributed by atoms with Gasteiger partial charge < -0.3 is 14.2 Å². The van der Waals surface area contributed by atoms with E-state index in [9.17, 15) is 4.79 Å². The van der Waals surface area contributed by atoms with Crippen molar-refractivity contribution in [3.63, 3.8) is 0 Å². The minimum atomic E-state index is 0.0617. The maximum absolute atomic E-state index is 12.8. The van der Waals surface area contributed by atoms with E-state index in [0.29, 0.717) is 11.5 Å². The molecule has 6 nitrogen and oxygen atoms in total. The Balaban J connectivity index is 1.54. The lowest BCUT2D eigenvalue weighted by molar-refractivity contribution is 0.0765. The molecule has 6 heteroatoms. The van der Waals surface area contributed by atoms with Crippen LogP contribution in [0.4, 0.5) is 0 Å². The molecule has 4 heterocycles. The molecule has 1 amide bonds. The van der Waals surface area contributed by atoms with Crippen LogP contribution in [0.25, 0.3) is 11.2 Å². The van der Waals surface area contributed by atoms with E-state index >= 15 is 0 Å². The molecule has 1 spiro atoms. The first kappa shape index (κ1) is 15.6. The largest absolute Gasteiger partial charge is 0.381 e. The number of carbonyl (C=O) groups excluding carboxylic acids is 1. The fourth-order valence-electron chi connectivity index (χ4n) is 3.86. The summed E-state index contributed by atoms with van der Waals surface area (Å²) in [6.45, 7) is 8.43. The van der Waals surface area contributed by atoms with Gasteiger partial charge in [0, 0.05) is 37.9 Å². The molecule has 2 aliphatic heterocycles. The van der Waals surface area contributed by atoms with E-state index in [1.165, 1.54) is 0 Å². The molecule has 2 aromatic rings. The van der Waals surface area contributed by atoms with Crippen molar-refractivity contribution in [2.45, 2.75) is 33.2 Å². The Morgan fingerprint density at radius 3 is 3.00 bits per heavy atom. The summed E-state index contributed by atoms with van der Waals surface area (Å²) >= 11 is 0. The fourth-order valence-corrected chi connectivity index (χ4v) is 3.86. The van der Waals surface area contributed by atoms with E-state index in [2.05, 4.69) is 28.4 Å². The third-order valence-electron chi connectivity index (χ3n) is 5.17. The second-order valence-corrected chi connectivity index (χ2v) is 7.64. The molecular weight excluding hydrogens is 304 g/mol. The monoisotopic (exact) mass is 328 g/mol. The zero-order valence-corrected chi connectivity index (χ0v) is 14.4. The molecule has 24 heavy (non-hydrogen) atoms. The third kappa shape index (κ3) is 2.69. The summed E-state index contributed by atoms with van der Waals surface area (Å²) in [4.78, 5) is 23.7. The summed E-state index contributed by atoms with van der Waals surface area (Å²) in [7, 11) is 0. The Kier molecular flexibility index (Phi) is 3.79. The van der Waals surface area contributed by atoms with Gasteiger partial charge in [-0.05, 0) is 24.8 Å². The fraction of sp³-hybridized carbons (Fsp3) is 0.611. The van der Waals surface area contributed by atoms with Crippen LogP contribution in [0.15, 0.2) is 18.6 Å². The van der Waals surface area contributed by atoms with Gasteiger partial charge in [-0.15, -0.1) is 0 Å². The lowest BCUT2D eigenvalue weighted by atomic mass is 9.87. The minimum Gasteiger partial charge on any atom is -0.381 e. The zero-order chi connectivity index (χ0) is 16.7. The summed E-state index contributed by atoms with van der Waals surface area (Å²) in [5.41, 5.74) is 2.46. The summed E-state index contributed by atoms with van der Waals surface area (Å²) < 4.78 is 7.60. The van der Waals surface area contributed by atoms with Gasteiger partial charge in [-0.25, -0.2) is 9.97 Å². The van der Waals surface area contributed by atoms with Crippen molar-refractivity contribution >= 4 is 17.1 Å². The van der Waals surface area contributed by atoms with Gasteiger partial charge in [0.15, 0.2) is 5.65 Å². The summed E-state index contributed by atoms with van der Waals surface area (Å²) in [6, 6.07) is 1.87. The minimum absolute atomic E-state index is 0.0617. The second-order valence-electron chi connectivity index (χ2n) is 7.64. The van der Waals surface area contributed by atoms with Crippen molar-refractivity contribution in [2.24, 2.45) is 11.3 Å². The van der Waals surface area contributed by atoms with Gasteiger partial charge in [0.05, 0.1) is 18.5 Å². The first-order valence-corrected chi connectivity index (χ1v) is 8.74. The van der Waals surface area contributed by atoms with E-state index in [1.807, 2.05) is 17.3 Å². The standard InChI is InChI=1S/C18H24N4O2/c1-13(2)9-22-12-20-15-7-14(8-19-16(15)22)17(23)21-5-3-18(10-21)4-6-24-11-18/h7-8,12-13H,3-6,9-11H2,1-2H3. The molecule has 2 aliphatic rings. The highest BCUT2D eigenvalue weighted by molar-refractivity contribution is 5.96. The van der Waals surface area contributed by atoms with Crippen molar-refractivity contribution in [2.75, 3.05) is 26.3 Å². The number of pyridine rings is 1. The molecule has 4 rings (SSSR count). The van der Waals surface area contributed by atoms with Gasteiger partial charge in [0.2, 0.25) is 0 Å². The lowest BCUT2D eigenvalue weighted by Gasteiger charge is -2.22. The van der Waals surface area contributed by atoms with Crippen molar-refractivity contribution < 1.29 is 9.53 Å². The summed E-state index contributed by atoms with van der Waals surface area (Å²) in [5.74, 6) is 0.589. The number of fused-ring (bicyclic) bond motifs is 1. The van der Waals surface area contributed by atoms with Crippen LogP contribution in [0.2, 0.25) is 0 Å². The number of hydrogen-bond acceptors (Lipinski definition) is 4. The number of carbonyl (C=O) groups is 1. The van der Waals surface area contributed by atoms with Crippen molar-refractivity contribution in [1.29, 1.82) is 0 Å². The first-order valence-electron chi connectivity index (χ1n) is 8.74. The SMILES string of the molecule is CC(C)Cn1cnc2cc(C(=O)N3CCC4(CCOC4)C3)cnc21. The predicted molar refractivity (Wildman–Crippen MR) is 90.8 cm³/mol. The molecule has 1 atom stereocenters. The van der Waals surface area contributed by atoms with E-state index in [-0.39, 0.29) is 11.3 Å². The average Bonchev–Trinajstić information content (AvgIpc) is 3.28. The molecule has 0 N–H and O–H groups in total. The van der Waals surface area contributed by atoms with Crippen molar-refractivity contribution in [3.05, 3.63) is 24.2 Å². The molecule has 0 saturated carbocycles. The zero-order valence-electron chi connectivity index (χ0n) is 14.4. The van der Waals surface area contributed by atoms with Crippen LogP contribution in [0, 0.1) is 11.3 Å². The van der Waals surface area contributed by atoms with Crippen LogP contribution in [0.5, 0.6) is 0 Å². The first-order chi connectivity index (χ1) is 11.6. The van der Waals surface area contributed by atoms with E-state index in [1.54, 1.807) is 6.20 Å². The third-order valence-corrected chi connectivity index (χ3v) is 5.17. The van der Waals surface area contributed by atoms with Crippen LogP contribution < -0.4 is 0 Å². The molecule has 2 saturated heterocycles. The highest BCUT2D eigenvalue weighted by Gasteiger charge is 2.42. The summed E-state index contributed by atoms with van der Waals surface area (Å²) in [6.07, 6.45) is 5.61. The number of hydrogen-bond donors (Lipinski definition) is 0. The Bertz CT molecular complexity index is 761. The van der Waals surface area contributed by atoms with Crippen LogP contribution in [-0.4, -0.2) is 51.6 Å². The molecule has 0 bridgehead atoms. The molecule has 0 aliphatic carbocycles. The Morgan fingerprint density at radius 2 is 2.25 bits per heavy atom. The second kappa shape index (κ2) is 5.84. The van der Waals surface area contributed by atoms with Crippen molar-refractivity contribution in [3.8, 4) is 0 Å². The van der Waals surface area contributed by atoms with E-state index < -0.39 is 0 Å². The topological polar surface area (TPSA) is 60.2 Å². The molecule has 0 aromatic carbocycles. The smallest absolute Gasteiger partial charge is 0.255 e. The van der Waals surface area contributed by atoms with E-state index in [0.717, 1.165) is 56.9 Å². The van der Waals surface area contributed by atoms with Crippen LogP contribution in [0.1, 0.15) is 37.0 Å². The normalized spacial score (nSPS) is 23.9. The summed E-state index contributed by atoms with van der Waals surface area (Å²) in [5, 5.41) is 0. The number of rotatable bonds is 3. The maximum atomic E-state index is 12.8. The molecular formula is C18H24N4O2. The van der Waals surface area contributed by atoms with E-state index in [4.69, 9.17) is 4.74 Å². The number of imidazole rings is 1. The highest BCUT2D eigenvalue weighted by Crippen LogP contribution is 2.38. The maximum Gasteiger partial charge on any atom is 0.255 e. The average molecular weight is 328 g/mol. The lowest BCUT2D eigenvalue weighted by Crippen LogP contribution is -2.32. The van der Waals surface area contributed by atoms with Crippen LogP contribution >= 0.6 is 0 Å². The van der Waals surface area contributed by atoms with Crippen LogP contribution in [-0.2, 0) is 11.3 Å². The number of ether oxygens (including phenoxy) is 1. The number of likely N-dealkylation sites (tertiary alicyclic amines) is 1. The molecule has 2 fully saturated rings. The molecule has 128 valence electrons. The molecule has 2 aromatic heterocycles. The van der Waals surface area contributed by atoms with Gasteiger partial charge in [0.25, 0.3) is 5.91 Å².